The predicted octanol–water partition coefficient (Wildman–Crippen LogP) is 1.97. The summed E-state index contributed by atoms with van der Waals surface area (Å²) in [6, 6.07) is 0. The second-order valence-electron chi connectivity index (χ2n) is 6.83. The van der Waals surface area contributed by atoms with E-state index in [0.717, 1.165) is 51.9 Å². The topological polar surface area (TPSA) is 35.9 Å². The third-order valence-corrected chi connectivity index (χ3v) is 4.82. The molecule has 0 spiro atoms. The van der Waals surface area contributed by atoms with Crippen molar-refractivity contribution < 1.29 is 9.84 Å². The molecule has 2 aliphatic rings. The number of hydrogen-bond donors (Lipinski definition) is 1. The van der Waals surface area contributed by atoms with Gasteiger partial charge in [-0.2, -0.15) is 0 Å². The van der Waals surface area contributed by atoms with Crippen LogP contribution in [0.4, 0.5) is 0 Å². The van der Waals surface area contributed by atoms with E-state index in [1.165, 1.54) is 45.1 Å². The van der Waals surface area contributed by atoms with Gasteiger partial charge < -0.3 is 14.7 Å². The standard InChI is InChI=1S/C17H34N2O2/c1-2-8-19(13-16-6-4-3-5-7-16)15-17(20)14-18-9-11-21-12-10-18/h16-17,20H,2-15H2,1H3. The van der Waals surface area contributed by atoms with Gasteiger partial charge in [0.25, 0.3) is 0 Å². The summed E-state index contributed by atoms with van der Waals surface area (Å²) in [6.45, 7) is 9.74. The molecule has 1 unspecified atom stereocenters. The molecule has 1 saturated carbocycles. The quantitative estimate of drug-likeness (QED) is 0.743. The van der Waals surface area contributed by atoms with Crippen molar-refractivity contribution in [3.05, 3.63) is 0 Å². The Kier molecular flexibility index (Phi) is 8.01. The Morgan fingerprint density at radius 3 is 2.57 bits per heavy atom. The van der Waals surface area contributed by atoms with Crippen molar-refractivity contribution in [2.24, 2.45) is 5.92 Å². The maximum Gasteiger partial charge on any atom is 0.0793 e. The molecule has 1 heterocycles. The van der Waals surface area contributed by atoms with E-state index < -0.39 is 0 Å². The van der Waals surface area contributed by atoms with E-state index in [0.29, 0.717) is 0 Å². The first kappa shape index (κ1) is 17.2. The fraction of sp³-hybridized carbons (Fsp3) is 1.00. The van der Waals surface area contributed by atoms with Gasteiger partial charge in [-0.1, -0.05) is 26.2 Å². The van der Waals surface area contributed by atoms with E-state index in [9.17, 15) is 5.11 Å². The summed E-state index contributed by atoms with van der Waals surface area (Å²) in [5.41, 5.74) is 0. The lowest BCUT2D eigenvalue weighted by Crippen LogP contribution is -2.45. The summed E-state index contributed by atoms with van der Waals surface area (Å²) in [5.74, 6) is 0.862. The second-order valence-corrected chi connectivity index (χ2v) is 6.83. The smallest absolute Gasteiger partial charge is 0.0793 e. The highest BCUT2D eigenvalue weighted by atomic mass is 16.5. The van der Waals surface area contributed by atoms with Crippen molar-refractivity contribution in [1.29, 1.82) is 0 Å². The molecule has 0 aromatic heterocycles. The van der Waals surface area contributed by atoms with Crippen LogP contribution in [0.15, 0.2) is 0 Å². The van der Waals surface area contributed by atoms with Crippen LogP contribution in [0.3, 0.4) is 0 Å². The SMILES string of the molecule is CCCN(CC(O)CN1CCOCC1)CC1CCCCC1. The van der Waals surface area contributed by atoms with Crippen molar-refractivity contribution >= 4 is 0 Å². The molecule has 1 atom stereocenters. The summed E-state index contributed by atoms with van der Waals surface area (Å²) in [4.78, 5) is 4.83. The third kappa shape index (κ3) is 6.64. The first-order chi connectivity index (χ1) is 10.3. The zero-order chi connectivity index (χ0) is 14.9. The molecule has 1 saturated heterocycles. The molecule has 4 heteroatoms. The Bertz CT molecular complexity index is 264. The molecule has 0 aromatic carbocycles. The minimum atomic E-state index is -0.224. The highest BCUT2D eigenvalue weighted by Gasteiger charge is 2.20. The molecular formula is C17H34N2O2. The molecule has 0 bridgehead atoms. The van der Waals surface area contributed by atoms with Crippen LogP contribution in [-0.2, 0) is 4.74 Å². The van der Waals surface area contributed by atoms with Gasteiger partial charge in [0, 0.05) is 32.7 Å². The number of morpholine rings is 1. The van der Waals surface area contributed by atoms with Gasteiger partial charge in [-0.15, -0.1) is 0 Å². The largest absolute Gasteiger partial charge is 0.390 e. The van der Waals surface area contributed by atoms with Crippen LogP contribution >= 0.6 is 0 Å². The molecule has 0 aromatic rings. The minimum absolute atomic E-state index is 0.224. The van der Waals surface area contributed by atoms with Crippen LogP contribution in [0, 0.1) is 5.92 Å². The van der Waals surface area contributed by atoms with Gasteiger partial charge in [0.2, 0.25) is 0 Å². The monoisotopic (exact) mass is 298 g/mol. The Labute approximate surface area is 130 Å². The number of aliphatic hydroxyl groups excluding tert-OH is 1. The molecule has 0 radical (unpaired) electrons. The average molecular weight is 298 g/mol. The molecular weight excluding hydrogens is 264 g/mol. The van der Waals surface area contributed by atoms with E-state index in [1.54, 1.807) is 0 Å². The number of nitrogens with zero attached hydrogens (tertiary/aromatic N) is 2. The Hall–Kier alpha value is -0.160. The van der Waals surface area contributed by atoms with Gasteiger partial charge in [-0.05, 0) is 31.7 Å². The van der Waals surface area contributed by atoms with Crippen molar-refractivity contribution in [2.75, 3.05) is 52.5 Å². The Morgan fingerprint density at radius 2 is 1.90 bits per heavy atom. The van der Waals surface area contributed by atoms with Gasteiger partial charge in [0.05, 0.1) is 19.3 Å². The zero-order valence-corrected chi connectivity index (χ0v) is 13.8. The number of β-amino-alcohol motifs (C(OH)–C–C–N with tert-alkyl or cyclic N) is 1. The third-order valence-electron chi connectivity index (χ3n) is 4.82. The van der Waals surface area contributed by atoms with Crippen molar-refractivity contribution in [3.63, 3.8) is 0 Å². The van der Waals surface area contributed by atoms with Crippen molar-refractivity contribution in [3.8, 4) is 0 Å². The molecule has 21 heavy (non-hydrogen) atoms. The van der Waals surface area contributed by atoms with Crippen LogP contribution in [0.5, 0.6) is 0 Å². The lowest BCUT2D eigenvalue weighted by molar-refractivity contribution is 0.00531. The molecule has 124 valence electrons. The normalized spacial score (nSPS) is 23.6. The van der Waals surface area contributed by atoms with Crippen LogP contribution in [0.25, 0.3) is 0 Å². The van der Waals surface area contributed by atoms with Crippen LogP contribution in [0.1, 0.15) is 45.4 Å². The zero-order valence-electron chi connectivity index (χ0n) is 13.8. The number of rotatable bonds is 8. The van der Waals surface area contributed by atoms with Crippen LogP contribution in [-0.4, -0.2) is 73.5 Å². The fourth-order valence-corrected chi connectivity index (χ4v) is 3.75. The van der Waals surface area contributed by atoms with E-state index in [1.807, 2.05) is 0 Å². The van der Waals surface area contributed by atoms with Gasteiger partial charge in [-0.3, -0.25) is 4.90 Å². The summed E-state index contributed by atoms with van der Waals surface area (Å²) < 4.78 is 5.37. The molecule has 0 amide bonds. The average Bonchev–Trinajstić information content (AvgIpc) is 2.49. The Balaban J connectivity index is 1.71. The van der Waals surface area contributed by atoms with E-state index >= 15 is 0 Å². The maximum absolute atomic E-state index is 10.4. The summed E-state index contributed by atoms with van der Waals surface area (Å²) >= 11 is 0. The number of ether oxygens (including phenoxy) is 1. The molecule has 1 aliphatic heterocycles. The highest BCUT2D eigenvalue weighted by molar-refractivity contribution is 4.75. The first-order valence-electron chi connectivity index (χ1n) is 8.98. The van der Waals surface area contributed by atoms with Crippen molar-refractivity contribution in [2.45, 2.75) is 51.6 Å². The van der Waals surface area contributed by atoms with E-state index in [2.05, 4.69) is 16.7 Å². The number of hydrogen-bond acceptors (Lipinski definition) is 4. The molecule has 1 N–H and O–H groups in total. The van der Waals surface area contributed by atoms with Gasteiger partial charge >= 0.3 is 0 Å². The lowest BCUT2D eigenvalue weighted by Gasteiger charge is -2.33. The lowest BCUT2D eigenvalue weighted by atomic mass is 9.89. The second kappa shape index (κ2) is 9.78. The van der Waals surface area contributed by atoms with E-state index in [4.69, 9.17) is 4.74 Å². The summed E-state index contributed by atoms with van der Waals surface area (Å²) in [7, 11) is 0. The first-order valence-corrected chi connectivity index (χ1v) is 8.98. The summed E-state index contributed by atoms with van der Waals surface area (Å²) in [5, 5.41) is 10.4. The minimum Gasteiger partial charge on any atom is -0.390 e. The Morgan fingerprint density at radius 1 is 1.19 bits per heavy atom. The predicted molar refractivity (Wildman–Crippen MR) is 86.6 cm³/mol. The maximum atomic E-state index is 10.4. The fourth-order valence-electron chi connectivity index (χ4n) is 3.75. The van der Waals surface area contributed by atoms with Gasteiger partial charge in [-0.25, -0.2) is 0 Å². The van der Waals surface area contributed by atoms with E-state index in [-0.39, 0.29) is 6.10 Å². The molecule has 2 rings (SSSR count). The van der Waals surface area contributed by atoms with Crippen molar-refractivity contribution in [1.82, 2.24) is 9.80 Å². The summed E-state index contributed by atoms with van der Waals surface area (Å²) in [6.07, 6.45) is 7.96. The van der Waals surface area contributed by atoms with Crippen LogP contribution in [0.2, 0.25) is 0 Å². The van der Waals surface area contributed by atoms with Gasteiger partial charge in [0.1, 0.15) is 0 Å². The highest BCUT2D eigenvalue weighted by Crippen LogP contribution is 2.24. The van der Waals surface area contributed by atoms with Gasteiger partial charge in [0.15, 0.2) is 0 Å². The number of aliphatic hydroxyl groups is 1. The van der Waals surface area contributed by atoms with Crippen LogP contribution < -0.4 is 0 Å². The molecule has 4 nitrogen and oxygen atoms in total. The molecule has 2 fully saturated rings. The molecule has 1 aliphatic carbocycles.